The number of nitrogens with one attached hydrogen (secondary N) is 1. The number of rotatable bonds is 5. The zero-order valence-electron chi connectivity index (χ0n) is 11.2. The number of aromatic nitrogens is 2. The minimum absolute atomic E-state index is 0.215. The van der Waals surface area contributed by atoms with Crippen molar-refractivity contribution in [2.75, 3.05) is 7.05 Å². The third kappa shape index (κ3) is 2.25. The molecular weight excluding hydrogens is 229 g/mol. The van der Waals surface area contributed by atoms with Crippen LogP contribution >= 0.6 is 0 Å². The zero-order valence-corrected chi connectivity index (χ0v) is 11.2. The predicted molar refractivity (Wildman–Crippen MR) is 72.1 cm³/mol. The van der Waals surface area contributed by atoms with E-state index in [4.69, 9.17) is 0 Å². The van der Waals surface area contributed by atoms with E-state index in [9.17, 15) is 4.39 Å². The molecule has 1 N–H and O–H groups in total. The number of benzene rings is 1. The first-order chi connectivity index (χ1) is 8.71. The van der Waals surface area contributed by atoms with Crippen LogP contribution in [0.5, 0.6) is 0 Å². The monoisotopic (exact) mass is 249 g/mol. The van der Waals surface area contributed by atoms with Crippen molar-refractivity contribution in [2.24, 2.45) is 0 Å². The first-order valence-electron chi connectivity index (χ1n) is 6.54. The molecule has 0 bridgehead atoms. The van der Waals surface area contributed by atoms with Crippen LogP contribution in [0.1, 0.15) is 38.6 Å². The quantitative estimate of drug-likeness (QED) is 0.881. The van der Waals surface area contributed by atoms with Crippen LogP contribution in [-0.4, -0.2) is 16.6 Å². The Morgan fingerprint density at radius 3 is 2.78 bits per heavy atom. The van der Waals surface area contributed by atoms with E-state index in [2.05, 4.69) is 28.7 Å². The lowest BCUT2D eigenvalue weighted by Gasteiger charge is -2.15. The van der Waals surface area contributed by atoms with Crippen LogP contribution in [-0.2, 0) is 6.54 Å². The topological polar surface area (TPSA) is 29.9 Å². The van der Waals surface area contributed by atoms with Gasteiger partial charge in [-0.1, -0.05) is 13.8 Å². The first kappa shape index (κ1) is 13.0. The van der Waals surface area contributed by atoms with Gasteiger partial charge in [-0.25, -0.2) is 9.37 Å². The molecule has 0 spiro atoms. The summed E-state index contributed by atoms with van der Waals surface area (Å²) in [5.74, 6) is 0.773. The highest BCUT2D eigenvalue weighted by molar-refractivity contribution is 5.76. The molecule has 0 aliphatic carbocycles. The van der Waals surface area contributed by atoms with Gasteiger partial charge >= 0.3 is 0 Å². The van der Waals surface area contributed by atoms with Gasteiger partial charge < -0.3 is 9.88 Å². The highest BCUT2D eigenvalue weighted by Crippen LogP contribution is 2.23. The SMILES string of the molecule is CCCn1c(C(CC)NC)nc2cc(F)ccc21. The molecule has 0 aliphatic rings. The molecule has 3 nitrogen and oxygen atoms in total. The Morgan fingerprint density at radius 1 is 1.39 bits per heavy atom. The number of hydrogen-bond acceptors (Lipinski definition) is 2. The van der Waals surface area contributed by atoms with Crippen LogP contribution in [0.4, 0.5) is 4.39 Å². The second kappa shape index (κ2) is 5.48. The highest BCUT2D eigenvalue weighted by Gasteiger charge is 2.17. The minimum Gasteiger partial charge on any atom is -0.327 e. The van der Waals surface area contributed by atoms with Gasteiger partial charge in [-0.3, -0.25) is 0 Å². The van der Waals surface area contributed by atoms with Gasteiger partial charge in [0.2, 0.25) is 0 Å². The Morgan fingerprint density at radius 2 is 2.17 bits per heavy atom. The number of hydrogen-bond donors (Lipinski definition) is 1. The third-order valence-corrected chi connectivity index (χ3v) is 3.26. The third-order valence-electron chi connectivity index (χ3n) is 3.26. The fourth-order valence-electron chi connectivity index (χ4n) is 2.36. The Bertz CT molecular complexity index is 529. The average Bonchev–Trinajstić information content (AvgIpc) is 2.70. The van der Waals surface area contributed by atoms with Gasteiger partial charge in [0.05, 0.1) is 17.1 Å². The second-order valence-electron chi connectivity index (χ2n) is 4.50. The van der Waals surface area contributed by atoms with Crippen molar-refractivity contribution in [1.29, 1.82) is 0 Å². The van der Waals surface area contributed by atoms with Gasteiger partial charge in [0.1, 0.15) is 11.6 Å². The molecule has 0 fully saturated rings. The van der Waals surface area contributed by atoms with E-state index in [1.165, 1.54) is 12.1 Å². The largest absolute Gasteiger partial charge is 0.327 e. The van der Waals surface area contributed by atoms with Crippen LogP contribution in [0.3, 0.4) is 0 Å². The predicted octanol–water partition coefficient (Wildman–Crippen LogP) is 3.26. The first-order valence-corrected chi connectivity index (χ1v) is 6.54. The molecule has 0 aliphatic heterocycles. The summed E-state index contributed by atoms with van der Waals surface area (Å²) in [4.78, 5) is 4.59. The maximum Gasteiger partial charge on any atom is 0.127 e. The molecular formula is C14H20FN3. The molecule has 0 radical (unpaired) electrons. The Hall–Kier alpha value is -1.42. The lowest BCUT2D eigenvalue weighted by Crippen LogP contribution is -2.20. The molecule has 2 aromatic rings. The van der Waals surface area contributed by atoms with Crippen LogP contribution in [0.2, 0.25) is 0 Å². The molecule has 1 unspecified atom stereocenters. The molecule has 1 atom stereocenters. The van der Waals surface area contributed by atoms with Crippen molar-refractivity contribution in [3.63, 3.8) is 0 Å². The van der Waals surface area contributed by atoms with Crippen molar-refractivity contribution >= 4 is 11.0 Å². The number of aryl methyl sites for hydroxylation is 1. The van der Waals surface area contributed by atoms with Gasteiger partial charge in [0.25, 0.3) is 0 Å². The van der Waals surface area contributed by atoms with Crippen LogP contribution in [0.15, 0.2) is 18.2 Å². The van der Waals surface area contributed by atoms with Crippen molar-refractivity contribution in [3.05, 3.63) is 29.8 Å². The van der Waals surface area contributed by atoms with Gasteiger partial charge in [-0.2, -0.15) is 0 Å². The summed E-state index contributed by atoms with van der Waals surface area (Å²) in [7, 11) is 1.93. The van der Waals surface area contributed by atoms with Crippen molar-refractivity contribution < 1.29 is 4.39 Å². The summed E-state index contributed by atoms with van der Waals surface area (Å²) in [5, 5.41) is 3.27. The molecule has 98 valence electrons. The normalized spacial score (nSPS) is 13.1. The second-order valence-corrected chi connectivity index (χ2v) is 4.50. The minimum atomic E-state index is -0.229. The summed E-state index contributed by atoms with van der Waals surface area (Å²) in [6.45, 7) is 5.17. The van der Waals surface area contributed by atoms with Crippen molar-refractivity contribution in [2.45, 2.75) is 39.3 Å². The summed E-state index contributed by atoms with van der Waals surface area (Å²) in [6, 6.07) is 5.04. The van der Waals surface area contributed by atoms with Crippen LogP contribution in [0, 0.1) is 5.82 Å². The number of nitrogens with zero attached hydrogens (tertiary/aromatic N) is 2. The van der Waals surface area contributed by atoms with Gasteiger partial charge in [0, 0.05) is 12.6 Å². The lowest BCUT2D eigenvalue weighted by atomic mass is 10.2. The fourth-order valence-corrected chi connectivity index (χ4v) is 2.36. The summed E-state index contributed by atoms with van der Waals surface area (Å²) < 4.78 is 15.5. The fraction of sp³-hybridized carbons (Fsp3) is 0.500. The summed E-state index contributed by atoms with van der Waals surface area (Å²) in [6.07, 6.45) is 2.00. The Kier molecular flexibility index (Phi) is 3.97. The van der Waals surface area contributed by atoms with E-state index in [0.717, 1.165) is 36.2 Å². The average molecular weight is 249 g/mol. The molecule has 2 rings (SSSR count). The van der Waals surface area contributed by atoms with Crippen molar-refractivity contribution in [1.82, 2.24) is 14.9 Å². The lowest BCUT2D eigenvalue weighted by molar-refractivity contribution is 0.508. The Balaban J connectivity index is 2.59. The van der Waals surface area contributed by atoms with Crippen molar-refractivity contribution in [3.8, 4) is 0 Å². The standard InChI is InChI=1S/C14H20FN3/c1-4-8-18-13-7-6-10(15)9-12(13)17-14(18)11(5-2)16-3/h6-7,9,11,16H,4-5,8H2,1-3H3. The van der Waals surface area contributed by atoms with E-state index in [0.29, 0.717) is 0 Å². The van der Waals surface area contributed by atoms with E-state index < -0.39 is 0 Å². The van der Waals surface area contributed by atoms with E-state index >= 15 is 0 Å². The molecule has 0 saturated heterocycles. The number of imidazole rings is 1. The van der Waals surface area contributed by atoms with Gasteiger partial charge in [0.15, 0.2) is 0 Å². The maximum atomic E-state index is 13.3. The molecule has 18 heavy (non-hydrogen) atoms. The maximum absolute atomic E-state index is 13.3. The van der Waals surface area contributed by atoms with E-state index in [1.54, 1.807) is 0 Å². The summed E-state index contributed by atoms with van der Waals surface area (Å²) in [5.41, 5.74) is 1.76. The molecule has 1 heterocycles. The summed E-state index contributed by atoms with van der Waals surface area (Å²) >= 11 is 0. The molecule has 1 aromatic carbocycles. The molecule has 4 heteroatoms. The molecule has 1 aromatic heterocycles. The number of fused-ring (bicyclic) bond motifs is 1. The van der Waals surface area contributed by atoms with E-state index in [1.807, 2.05) is 13.1 Å². The number of halogens is 1. The molecule has 0 amide bonds. The smallest absolute Gasteiger partial charge is 0.127 e. The molecule has 0 saturated carbocycles. The van der Waals surface area contributed by atoms with Gasteiger partial charge in [-0.15, -0.1) is 0 Å². The van der Waals surface area contributed by atoms with Gasteiger partial charge in [-0.05, 0) is 32.0 Å². The van der Waals surface area contributed by atoms with Crippen LogP contribution < -0.4 is 5.32 Å². The highest BCUT2D eigenvalue weighted by atomic mass is 19.1. The van der Waals surface area contributed by atoms with E-state index in [-0.39, 0.29) is 11.9 Å². The Labute approximate surface area is 107 Å². The van der Waals surface area contributed by atoms with Crippen LogP contribution in [0.25, 0.3) is 11.0 Å². The zero-order chi connectivity index (χ0) is 13.1.